The van der Waals surface area contributed by atoms with E-state index in [1.165, 1.54) is 18.2 Å². The van der Waals surface area contributed by atoms with Gasteiger partial charge in [-0.15, -0.1) is 0 Å². The van der Waals surface area contributed by atoms with Gasteiger partial charge in [-0.1, -0.05) is 23.2 Å². The summed E-state index contributed by atoms with van der Waals surface area (Å²) in [5.41, 5.74) is 5.81. The fraction of sp³-hybridized carbons (Fsp3) is 0.125. The van der Waals surface area contributed by atoms with Crippen molar-refractivity contribution in [1.29, 1.82) is 0 Å². The van der Waals surface area contributed by atoms with Gasteiger partial charge >= 0.3 is 0 Å². The first-order chi connectivity index (χ1) is 6.02. The van der Waals surface area contributed by atoms with Crippen molar-refractivity contribution in [2.45, 2.75) is 4.84 Å². The number of benzene rings is 1. The second-order valence-electron chi connectivity index (χ2n) is 2.44. The fourth-order valence-electron chi connectivity index (χ4n) is 0.875. The number of anilines is 1. The van der Waals surface area contributed by atoms with Crippen LogP contribution in [-0.2, 0) is 0 Å². The molecule has 0 amide bonds. The maximum Gasteiger partial charge on any atom is 0.199 e. The number of phenols is 1. The zero-order valence-corrected chi connectivity index (χ0v) is 8.01. The molecule has 0 radical (unpaired) electrons. The summed E-state index contributed by atoms with van der Waals surface area (Å²) in [5, 5.41) is 9.29. The smallest absolute Gasteiger partial charge is 0.199 e. The van der Waals surface area contributed by atoms with E-state index in [9.17, 15) is 9.90 Å². The Bertz CT molecular complexity index is 339. The maximum absolute atomic E-state index is 11.2. The van der Waals surface area contributed by atoms with Gasteiger partial charge in [-0.05, 0) is 12.1 Å². The van der Waals surface area contributed by atoms with E-state index in [1.807, 2.05) is 0 Å². The highest BCUT2D eigenvalue weighted by Crippen LogP contribution is 2.23. The monoisotopic (exact) mass is 219 g/mol. The van der Waals surface area contributed by atoms with Gasteiger partial charge in [-0.25, -0.2) is 0 Å². The van der Waals surface area contributed by atoms with Crippen LogP contribution in [0.3, 0.4) is 0 Å². The highest BCUT2D eigenvalue weighted by Gasteiger charge is 2.17. The zero-order valence-electron chi connectivity index (χ0n) is 6.50. The second-order valence-corrected chi connectivity index (χ2v) is 3.54. The number of phenolic OH excluding ortho intramolecular Hbond substituents is 1. The van der Waals surface area contributed by atoms with Crippen molar-refractivity contribution in [3.63, 3.8) is 0 Å². The van der Waals surface area contributed by atoms with Gasteiger partial charge in [0.25, 0.3) is 0 Å². The molecule has 1 aromatic carbocycles. The Morgan fingerprint density at radius 1 is 1.46 bits per heavy atom. The van der Waals surface area contributed by atoms with E-state index in [2.05, 4.69) is 0 Å². The van der Waals surface area contributed by atoms with Crippen LogP contribution in [0.1, 0.15) is 10.4 Å². The standard InChI is InChI=1S/C8H7Cl2NO2/c9-8(10)7(13)5-2-1-4(11)3-6(5)12/h1-3,8,12H,11H2. The van der Waals surface area contributed by atoms with Crippen LogP contribution in [-0.4, -0.2) is 15.7 Å². The molecule has 0 fully saturated rings. The molecule has 0 spiro atoms. The van der Waals surface area contributed by atoms with Crippen molar-refractivity contribution in [3.8, 4) is 5.75 Å². The molecule has 0 saturated carbocycles. The van der Waals surface area contributed by atoms with Crippen LogP contribution in [0.25, 0.3) is 0 Å². The number of halogens is 2. The van der Waals surface area contributed by atoms with Gasteiger partial charge in [0.05, 0.1) is 5.56 Å². The summed E-state index contributed by atoms with van der Waals surface area (Å²) in [7, 11) is 0. The van der Waals surface area contributed by atoms with Crippen molar-refractivity contribution < 1.29 is 9.90 Å². The molecule has 0 bridgehead atoms. The average Bonchev–Trinajstić information content (AvgIpc) is 2.03. The fourth-order valence-corrected chi connectivity index (χ4v) is 1.11. The molecule has 1 rings (SSSR count). The SMILES string of the molecule is Nc1ccc(C(=O)C(Cl)Cl)c(O)c1. The quantitative estimate of drug-likeness (QED) is 0.455. The number of hydrogen-bond acceptors (Lipinski definition) is 3. The third kappa shape index (κ3) is 2.26. The zero-order chi connectivity index (χ0) is 10.0. The lowest BCUT2D eigenvalue weighted by molar-refractivity contribution is 0.100. The van der Waals surface area contributed by atoms with Gasteiger partial charge in [-0.2, -0.15) is 0 Å². The summed E-state index contributed by atoms with van der Waals surface area (Å²) in [4.78, 5) is 10.0. The van der Waals surface area contributed by atoms with E-state index in [-0.39, 0.29) is 11.3 Å². The summed E-state index contributed by atoms with van der Waals surface area (Å²) < 4.78 is 0. The summed E-state index contributed by atoms with van der Waals surface area (Å²) in [6.07, 6.45) is 0. The topological polar surface area (TPSA) is 63.3 Å². The Labute approximate surface area is 85.1 Å². The number of Topliss-reactive ketones (excluding diaryl/α,β-unsaturated/α-hetero) is 1. The predicted molar refractivity (Wildman–Crippen MR) is 52.3 cm³/mol. The Morgan fingerprint density at radius 2 is 2.08 bits per heavy atom. The lowest BCUT2D eigenvalue weighted by Crippen LogP contribution is -2.08. The lowest BCUT2D eigenvalue weighted by Gasteiger charge is -2.04. The maximum atomic E-state index is 11.2. The van der Waals surface area contributed by atoms with Crippen molar-refractivity contribution in [2.24, 2.45) is 0 Å². The molecule has 0 aromatic heterocycles. The molecule has 3 N–H and O–H groups in total. The van der Waals surface area contributed by atoms with E-state index < -0.39 is 10.6 Å². The molecule has 0 aliphatic carbocycles. The molecule has 13 heavy (non-hydrogen) atoms. The number of carbonyl (C=O) groups is 1. The molecular weight excluding hydrogens is 213 g/mol. The highest BCUT2D eigenvalue weighted by atomic mass is 35.5. The van der Waals surface area contributed by atoms with Crippen LogP contribution in [0.2, 0.25) is 0 Å². The van der Waals surface area contributed by atoms with E-state index in [4.69, 9.17) is 28.9 Å². The van der Waals surface area contributed by atoms with Crippen molar-refractivity contribution >= 4 is 34.7 Å². The third-order valence-electron chi connectivity index (χ3n) is 1.49. The summed E-state index contributed by atoms with van der Waals surface area (Å²) in [5.74, 6) is -0.753. The lowest BCUT2D eigenvalue weighted by atomic mass is 10.1. The molecule has 3 nitrogen and oxygen atoms in total. The van der Waals surface area contributed by atoms with Gasteiger partial charge in [0, 0.05) is 11.8 Å². The predicted octanol–water partition coefficient (Wildman–Crippen LogP) is 1.96. The summed E-state index contributed by atoms with van der Waals surface area (Å²) in [6.45, 7) is 0. The third-order valence-corrected chi connectivity index (χ3v) is 1.88. The van der Waals surface area contributed by atoms with Gasteiger partial charge in [0.1, 0.15) is 5.75 Å². The van der Waals surface area contributed by atoms with Crippen LogP contribution in [0, 0.1) is 0 Å². The molecule has 0 atom stereocenters. The number of alkyl halides is 2. The van der Waals surface area contributed by atoms with E-state index in [0.717, 1.165) is 0 Å². The van der Waals surface area contributed by atoms with Crippen LogP contribution in [0.5, 0.6) is 5.75 Å². The number of rotatable bonds is 2. The first kappa shape index (κ1) is 10.2. The van der Waals surface area contributed by atoms with Gasteiger partial charge in [0.15, 0.2) is 10.6 Å². The van der Waals surface area contributed by atoms with Crippen LogP contribution in [0.4, 0.5) is 5.69 Å². The second kappa shape index (κ2) is 3.85. The van der Waals surface area contributed by atoms with Crippen molar-refractivity contribution in [1.82, 2.24) is 0 Å². The molecule has 0 aliphatic heterocycles. The number of nitrogens with two attached hydrogens (primary N) is 1. The minimum Gasteiger partial charge on any atom is -0.507 e. The summed E-state index contributed by atoms with van der Waals surface area (Å²) in [6, 6.07) is 4.14. The largest absolute Gasteiger partial charge is 0.507 e. The van der Waals surface area contributed by atoms with Crippen LogP contribution in [0.15, 0.2) is 18.2 Å². The Kier molecular flexibility index (Phi) is 3.01. The molecule has 0 unspecified atom stereocenters. The van der Waals surface area contributed by atoms with Crippen molar-refractivity contribution in [2.75, 3.05) is 5.73 Å². The highest BCUT2D eigenvalue weighted by molar-refractivity contribution is 6.55. The molecular formula is C8H7Cl2NO2. The number of ketones is 1. The minimum absolute atomic E-state index is 0.0733. The van der Waals surface area contributed by atoms with Gasteiger partial charge in [0.2, 0.25) is 0 Å². The van der Waals surface area contributed by atoms with E-state index in [1.54, 1.807) is 0 Å². The first-order valence-corrected chi connectivity index (χ1v) is 4.30. The molecule has 0 saturated heterocycles. The molecule has 5 heteroatoms. The van der Waals surface area contributed by atoms with Crippen LogP contribution >= 0.6 is 23.2 Å². The van der Waals surface area contributed by atoms with Crippen LogP contribution < -0.4 is 5.73 Å². The summed E-state index contributed by atoms with van der Waals surface area (Å²) >= 11 is 10.7. The Morgan fingerprint density at radius 3 is 2.54 bits per heavy atom. The Balaban J connectivity index is 3.09. The Hall–Kier alpha value is -0.930. The van der Waals surface area contributed by atoms with E-state index >= 15 is 0 Å². The number of carbonyl (C=O) groups excluding carboxylic acids is 1. The van der Waals surface area contributed by atoms with Gasteiger partial charge in [-0.3, -0.25) is 4.79 Å². The van der Waals surface area contributed by atoms with Crippen molar-refractivity contribution in [3.05, 3.63) is 23.8 Å². The molecule has 70 valence electrons. The molecule has 1 aromatic rings. The number of nitrogen functional groups attached to an aromatic ring is 1. The molecule has 0 aliphatic rings. The molecule has 0 heterocycles. The first-order valence-electron chi connectivity index (χ1n) is 3.43. The number of aromatic hydroxyl groups is 1. The number of hydrogen-bond donors (Lipinski definition) is 2. The minimum atomic E-state index is -1.17. The normalized spacial score (nSPS) is 10.4. The van der Waals surface area contributed by atoms with E-state index in [0.29, 0.717) is 5.69 Å². The van der Waals surface area contributed by atoms with Gasteiger partial charge < -0.3 is 10.8 Å². The average molecular weight is 220 g/mol.